The van der Waals surface area contributed by atoms with Gasteiger partial charge in [-0.3, -0.25) is 4.79 Å². The van der Waals surface area contributed by atoms with Crippen molar-refractivity contribution in [1.29, 1.82) is 0 Å². The highest BCUT2D eigenvalue weighted by molar-refractivity contribution is 5.83. The van der Waals surface area contributed by atoms with Crippen LogP contribution in [0.15, 0.2) is 0 Å². The molecule has 1 aliphatic rings. The van der Waals surface area contributed by atoms with Gasteiger partial charge in [-0.25, -0.2) is 0 Å². The van der Waals surface area contributed by atoms with E-state index >= 15 is 0 Å². The lowest BCUT2D eigenvalue weighted by molar-refractivity contribution is -0.149. The van der Waals surface area contributed by atoms with Crippen LogP contribution in [0, 0.1) is 0 Å². The van der Waals surface area contributed by atoms with Crippen molar-refractivity contribution in [3.05, 3.63) is 0 Å². The molecule has 0 aliphatic heterocycles. The van der Waals surface area contributed by atoms with Crippen LogP contribution in [-0.4, -0.2) is 30.3 Å². The van der Waals surface area contributed by atoms with Gasteiger partial charge in [0.15, 0.2) is 0 Å². The van der Waals surface area contributed by atoms with Gasteiger partial charge in [-0.15, -0.1) is 0 Å². The van der Waals surface area contributed by atoms with Gasteiger partial charge in [-0.05, 0) is 33.6 Å². The largest absolute Gasteiger partial charge is 0.462 e. The van der Waals surface area contributed by atoms with Crippen molar-refractivity contribution in [3.63, 3.8) is 0 Å². The van der Waals surface area contributed by atoms with Gasteiger partial charge in [0.2, 0.25) is 0 Å². The number of hydrogen-bond acceptors (Lipinski definition) is 4. The number of ether oxygens (including phenoxy) is 2. The Labute approximate surface area is 84.7 Å². The molecule has 1 saturated carbocycles. The third kappa shape index (κ3) is 3.64. The topological polar surface area (TPSA) is 61.5 Å². The van der Waals surface area contributed by atoms with Crippen LogP contribution >= 0.6 is 0 Å². The molecule has 1 aliphatic carbocycles. The maximum absolute atomic E-state index is 11.2. The first-order valence-electron chi connectivity index (χ1n) is 4.94. The number of carbonyl (C=O) groups is 1. The Hall–Kier alpha value is -0.610. The van der Waals surface area contributed by atoms with Crippen LogP contribution in [0.2, 0.25) is 0 Å². The molecule has 0 unspecified atom stereocenters. The van der Waals surface area contributed by atoms with Gasteiger partial charge in [0.25, 0.3) is 0 Å². The number of rotatable bonds is 4. The van der Waals surface area contributed by atoms with Crippen LogP contribution in [0.5, 0.6) is 0 Å². The molecule has 0 aromatic rings. The summed E-state index contributed by atoms with van der Waals surface area (Å²) in [6.45, 7) is 6.58. The van der Waals surface area contributed by atoms with Crippen LogP contribution in [0.4, 0.5) is 0 Å². The molecule has 1 fully saturated rings. The molecule has 2 N–H and O–H groups in total. The summed E-state index contributed by atoms with van der Waals surface area (Å²) in [5, 5.41) is 0. The van der Waals surface area contributed by atoms with E-state index in [1.807, 2.05) is 20.8 Å². The molecule has 82 valence electrons. The number of hydrogen-bond donors (Lipinski definition) is 1. The van der Waals surface area contributed by atoms with E-state index < -0.39 is 5.54 Å². The molecular formula is C10H19NO3. The van der Waals surface area contributed by atoms with Gasteiger partial charge in [-0.2, -0.15) is 0 Å². The maximum atomic E-state index is 11.2. The Morgan fingerprint density at radius 2 is 1.93 bits per heavy atom. The third-order valence-electron chi connectivity index (χ3n) is 2.05. The zero-order valence-electron chi connectivity index (χ0n) is 9.13. The van der Waals surface area contributed by atoms with E-state index in [1.165, 1.54) is 0 Å². The molecule has 0 radical (unpaired) electrons. The second-order valence-corrected chi connectivity index (χ2v) is 4.75. The Kier molecular flexibility index (Phi) is 3.17. The van der Waals surface area contributed by atoms with Gasteiger partial charge in [0.05, 0.1) is 12.2 Å². The van der Waals surface area contributed by atoms with E-state index in [2.05, 4.69) is 0 Å². The first-order chi connectivity index (χ1) is 6.33. The molecule has 0 amide bonds. The predicted octanol–water partition coefficient (Wildman–Crippen LogP) is 0.836. The Morgan fingerprint density at radius 3 is 2.36 bits per heavy atom. The summed E-state index contributed by atoms with van der Waals surface area (Å²) >= 11 is 0. The lowest BCUT2D eigenvalue weighted by atomic mass is 10.2. The van der Waals surface area contributed by atoms with Crippen molar-refractivity contribution in [2.24, 2.45) is 5.73 Å². The highest BCUT2D eigenvalue weighted by Gasteiger charge is 2.47. The van der Waals surface area contributed by atoms with Crippen LogP contribution in [0.1, 0.15) is 33.6 Å². The Morgan fingerprint density at radius 1 is 1.36 bits per heavy atom. The van der Waals surface area contributed by atoms with Gasteiger partial charge in [0, 0.05) is 0 Å². The molecule has 14 heavy (non-hydrogen) atoms. The molecule has 4 nitrogen and oxygen atoms in total. The zero-order valence-corrected chi connectivity index (χ0v) is 9.13. The van der Waals surface area contributed by atoms with E-state index in [1.54, 1.807) is 0 Å². The molecule has 0 saturated heterocycles. The summed E-state index contributed by atoms with van der Waals surface area (Å²) in [4.78, 5) is 11.2. The lowest BCUT2D eigenvalue weighted by Crippen LogP contribution is -2.35. The average molecular weight is 201 g/mol. The van der Waals surface area contributed by atoms with E-state index in [0.717, 1.165) is 12.8 Å². The minimum absolute atomic E-state index is 0.188. The molecule has 0 bridgehead atoms. The molecule has 0 aromatic heterocycles. The maximum Gasteiger partial charge on any atom is 0.326 e. The quantitative estimate of drug-likeness (QED) is 0.540. The van der Waals surface area contributed by atoms with Crippen LogP contribution in [0.3, 0.4) is 0 Å². The molecule has 0 atom stereocenters. The Bertz CT molecular complexity index is 216. The lowest BCUT2D eigenvalue weighted by Gasteiger charge is -2.19. The molecule has 4 heteroatoms. The fraction of sp³-hybridized carbons (Fsp3) is 0.900. The normalized spacial score (nSPS) is 19.1. The van der Waals surface area contributed by atoms with Gasteiger partial charge < -0.3 is 15.2 Å². The predicted molar refractivity (Wildman–Crippen MR) is 52.8 cm³/mol. The highest BCUT2D eigenvalue weighted by Crippen LogP contribution is 2.33. The van der Waals surface area contributed by atoms with Crippen LogP contribution < -0.4 is 5.73 Å². The van der Waals surface area contributed by atoms with E-state index in [4.69, 9.17) is 15.2 Å². The van der Waals surface area contributed by atoms with Crippen molar-refractivity contribution in [2.75, 3.05) is 13.2 Å². The smallest absolute Gasteiger partial charge is 0.326 e. The summed E-state index contributed by atoms with van der Waals surface area (Å²) in [7, 11) is 0. The number of esters is 1. The first kappa shape index (κ1) is 11.5. The summed E-state index contributed by atoms with van der Waals surface area (Å²) in [6.07, 6.45) is 1.48. The van der Waals surface area contributed by atoms with E-state index in [-0.39, 0.29) is 18.2 Å². The first-order valence-corrected chi connectivity index (χ1v) is 4.94. The monoisotopic (exact) mass is 201 g/mol. The summed E-state index contributed by atoms with van der Waals surface area (Å²) in [5.74, 6) is -0.296. The van der Waals surface area contributed by atoms with Gasteiger partial charge in [-0.1, -0.05) is 0 Å². The van der Waals surface area contributed by atoms with Crippen molar-refractivity contribution in [2.45, 2.75) is 44.8 Å². The molecule has 0 heterocycles. The number of carbonyl (C=O) groups excluding carboxylic acids is 1. The fourth-order valence-corrected chi connectivity index (χ4v) is 0.965. The molecule has 0 aromatic carbocycles. The molecule has 0 spiro atoms. The van der Waals surface area contributed by atoms with Crippen molar-refractivity contribution in [3.8, 4) is 0 Å². The molecular weight excluding hydrogens is 182 g/mol. The summed E-state index contributed by atoms with van der Waals surface area (Å²) < 4.78 is 10.4. The van der Waals surface area contributed by atoms with Crippen molar-refractivity contribution >= 4 is 5.97 Å². The van der Waals surface area contributed by atoms with Gasteiger partial charge in [0.1, 0.15) is 12.1 Å². The minimum atomic E-state index is -0.679. The van der Waals surface area contributed by atoms with Gasteiger partial charge >= 0.3 is 5.97 Å². The summed E-state index contributed by atoms with van der Waals surface area (Å²) in [5.41, 5.74) is 4.78. The highest BCUT2D eigenvalue weighted by atomic mass is 16.6. The standard InChI is InChI=1S/C10H19NO3/c1-9(2,3)14-7-6-13-8(12)10(11)4-5-10/h4-7,11H2,1-3H3. The second-order valence-electron chi connectivity index (χ2n) is 4.75. The zero-order chi connectivity index (χ0) is 10.8. The average Bonchev–Trinajstić information content (AvgIpc) is 2.76. The van der Waals surface area contributed by atoms with Crippen molar-refractivity contribution < 1.29 is 14.3 Å². The SMILES string of the molecule is CC(C)(C)OCCOC(=O)C1(N)CC1. The minimum Gasteiger partial charge on any atom is -0.462 e. The van der Waals surface area contributed by atoms with Crippen molar-refractivity contribution in [1.82, 2.24) is 0 Å². The van der Waals surface area contributed by atoms with Crippen LogP contribution in [-0.2, 0) is 14.3 Å². The second kappa shape index (κ2) is 3.87. The summed E-state index contributed by atoms with van der Waals surface area (Å²) in [6, 6.07) is 0. The Balaban J connectivity index is 2.07. The third-order valence-corrected chi connectivity index (χ3v) is 2.05. The number of nitrogens with two attached hydrogens (primary N) is 1. The van der Waals surface area contributed by atoms with E-state index in [0.29, 0.717) is 6.61 Å². The van der Waals surface area contributed by atoms with E-state index in [9.17, 15) is 4.79 Å². The van der Waals surface area contributed by atoms with Crippen LogP contribution in [0.25, 0.3) is 0 Å². The molecule has 1 rings (SSSR count). The fourth-order valence-electron chi connectivity index (χ4n) is 0.965.